The van der Waals surface area contributed by atoms with Gasteiger partial charge in [-0.1, -0.05) is 6.07 Å². The first-order valence-corrected chi connectivity index (χ1v) is 5.94. The van der Waals surface area contributed by atoms with Crippen LogP contribution >= 0.6 is 0 Å². The average molecular weight is 253 g/mol. The first-order chi connectivity index (χ1) is 8.56. The van der Waals surface area contributed by atoms with Crippen LogP contribution in [0.4, 0.5) is 4.39 Å². The third kappa shape index (κ3) is 3.43. The number of halogens is 1. The van der Waals surface area contributed by atoms with Crippen LogP contribution in [0.1, 0.15) is 18.4 Å². The van der Waals surface area contributed by atoms with E-state index in [1.807, 2.05) is 0 Å². The van der Waals surface area contributed by atoms with Crippen molar-refractivity contribution in [3.63, 3.8) is 0 Å². The zero-order valence-electron chi connectivity index (χ0n) is 10.1. The summed E-state index contributed by atoms with van der Waals surface area (Å²) in [6.45, 7) is 1.65. The Bertz CT molecular complexity index is 446. The van der Waals surface area contributed by atoms with Crippen molar-refractivity contribution in [3.8, 4) is 5.75 Å². The quantitative estimate of drug-likeness (QED) is 0.810. The van der Waals surface area contributed by atoms with Crippen LogP contribution in [0.15, 0.2) is 18.2 Å². The summed E-state index contributed by atoms with van der Waals surface area (Å²) in [4.78, 5) is 11.0. The van der Waals surface area contributed by atoms with E-state index < -0.39 is 12.0 Å². The predicted molar refractivity (Wildman–Crippen MR) is 64.2 cm³/mol. The minimum Gasteiger partial charge on any atom is -0.491 e. The number of hydrogen-bond donors (Lipinski definition) is 2. The summed E-state index contributed by atoms with van der Waals surface area (Å²) in [5.74, 6) is -0.953. The molecule has 0 heterocycles. The summed E-state index contributed by atoms with van der Waals surface area (Å²) < 4.78 is 18.6. The molecule has 1 aromatic carbocycles. The van der Waals surface area contributed by atoms with Crippen LogP contribution in [0.2, 0.25) is 0 Å². The maximum atomic E-state index is 13.3. The van der Waals surface area contributed by atoms with Gasteiger partial charge >= 0.3 is 5.97 Å². The number of nitrogens with one attached hydrogen (secondary N) is 1. The van der Waals surface area contributed by atoms with Gasteiger partial charge < -0.3 is 9.84 Å². The molecule has 1 aliphatic carbocycles. The van der Waals surface area contributed by atoms with Crippen molar-refractivity contribution in [3.05, 3.63) is 29.6 Å². The van der Waals surface area contributed by atoms with Gasteiger partial charge in [0, 0.05) is 12.1 Å². The van der Waals surface area contributed by atoms with Crippen LogP contribution in [0.25, 0.3) is 0 Å². The minimum absolute atomic E-state index is 0.00562. The molecule has 0 aliphatic heterocycles. The van der Waals surface area contributed by atoms with Gasteiger partial charge in [0.15, 0.2) is 0 Å². The van der Waals surface area contributed by atoms with Gasteiger partial charge in [-0.15, -0.1) is 0 Å². The standard InChI is InChI=1S/C13H16FNO3/c1-8-2-5-10(6-11(8)14)18-7-12(13(16)17)15-9-3-4-9/h2,5-6,9,12,15H,3-4,7H2,1H3,(H,16,17). The Morgan fingerprint density at radius 1 is 1.61 bits per heavy atom. The molecule has 98 valence electrons. The first-order valence-electron chi connectivity index (χ1n) is 5.94. The van der Waals surface area contributed by atoms with Gasteiger partial charge in [0.25, 0.3) is 0 Å². The molecule has 18 heavy (non-hydrogen) atoms. The van der Waals surface area contributed by atoms with Crippen LogP contribution < -0.4 is 10.1 Å². The zero-order valence-corrected chi connectivity index (χ0v) is 10.1. The molecule has 1 saturated carbocycles. The second kappa shape index (κ2) is 5.35. The molecule has 2 N–H and O–H groups in total. The molecule has 0 saturated heterocycles. The highest BCUT2D eigenvalue weighted by atomic mass is 19.1. The summed E-state index contributed by atoms with van der Waals surface area (Å²) in [7, 11) is 0. The van der Waals surface area contributed by atoms with Crippen molar-refractivity contribution in [1.82, 2.24) is 5.32 Å². The Labute approximate surface area is 105 Å². The van der Waals surface area contributed by atoms with Gasteiger partial charge in [0.2, 0.25) is 0 Å². The molecule has 0 bridgehead atoms. The molecule has 4 nitrogen and oxygen atoms in total. The van der Waals surface area contributed by atoms with Crippen molar-refractivity contribution in [2.45, 2.75) is 31.8 Å². The van der Waals surface area contributed by atoms with Crippen molar-refractivity contribution in [1.29, 1.82) is 0 Å². The summed E-state index contributed by atoms with van der Waals surface area (Å²) >= 11 is 0. The van der Waals surface area contributed by atoms with E-state index in [-0.39, 0.29) is 18.5 Å². The molecule has 1 aromatic rings. The van der Waals surface area contributed by atoms with E-state index in [2.05, 4.69) is 5.32 Å². The lowest BCUT2D eigenvalue weighted by Crippen LogP contribution is -2.42. The average Bonchev–Trinajstić information content (AvgIpc) is 3.12. The summed E-state index contributed by atoms with van der Waals surface area (Å²) in [6.07, 6.45) is 2.01. The SMILES string of the molecule is Cc1ccc(OCC(NC2CC2)C(=O)O)cc1F. The number of carbonyl (C=O) groups is 1. The number of aliphatic carboxylic acids is 1. The highest BCUT2D eigenvalue weighted by Crippen LogP contribution is 2.20. The molecule has 0 amide bonds. The molecule has 1 atom stereocenters. The van der Waals surface area contributed by atoms with E-state index in [9.17, 15) is 9.18 Å². The van der Waals surface area contributed by atoms with E-state index >= 15 is 0 Å². The second-order valence-electron chi connectivity index (χ2n) is 4.55. The summed E-state index contributed by atoms with van der Waals surface area (Å²) in [5.41, 5.74) is 0.535. The highest BCUT2D eigenvalue weighted by Gasteiger charge is 2.28. The fraction of sp³-hybridized carbons (Fsp3) is 0.462. The van der Waals surface area contributed by atoms with E-state index in [1.165, 1.54) is 6.07 Å². The van der Waals surface area contributed by atoms with Gasteiger partial charge in [-0.2, -0.15) is 0 Å². The molecule has 2 rings (SSSR count). The number of carboxylic acid groups (broad SMARTS) is 1. The van der Waals surface area contributed by atoms with Gasteiger partial charge in [-0.3, -0.25) is 10.1 Å². The van der Waals surface area contributed by atoms with Gasteiger partial charge in [-0.05, 0) is 31.4 Å². The highest BCUT2D eigenvalue weighted by molar-refractivity contribution is 5.73. The molecular weight excluding hydrogens is 237 g/mol. The van der Waals surface area contributed by atoms with Crippen LogP contribution in [0, 0.1) is 12.7 Å². The predicted octanol–water partition coefficient (Wildman–Crippen LogP) is 1.72. The Morgan fingerprint density at radius 3 is 2.89 bits per heavy atom. The maximum Gasteiger partial charge on any atom is 0.324 e. The molecule has 0 spiro atoms. The first kappa shape index (κ1) is 12.8. The third-order valence-electron chi connectivity index (χ3n) is 2.87. The Morgan fingerprint density at radius 2 is 2.33 bits per heavy atom. The van der Waals surface area contributed by atoms with E-state index in [1.54, 1.807) is 19.1 Å². The topological polar surface area (TPSA) is 58.6 Å². The molecule has 1 aliphatic rings. The number of rotatable bonds is 6. The Hall–Kier alpha value is -1.62. The fourth-order valence-electron chi connectivity index (χ4n) is 1.57. The lowest BCUT2D eigenvalue weighted by molar-refractivity contribution is -0.140. The number of aryl methyl sites for hydroxylation is 1. The lowest BCUT2D eigenvalue weighted by atomic mass is 10.2. The van der Waals surface area contributed by atoms with E-state index in [4.69, 9.17) is 9.84 Å². The van der Waals surface area contributed by atoms with Gasteiger partial charge in [-0.25, -0.2) is 4.39 Å². The molecule has 0 radical (unpaired) electrons. The minimum atomic E-state index is -0.950. The normalized spacial score (nSPS) is 16.3. The van der Waals surface area contributed by atoms with Gasteiger partial charge in [0.05, 0.1) is 0 Å². The number of hydrogen-bond acceptors (Lipinski definition) is 3. The Kier molecular flexibility index (Phi) is 3.81. The zero-order chi connectivity index (χ0) is 13.1. The number of ether oxygens (including phenoxy) is 1. The second-order valence-corrected chi connectivity index (χ2v) is 4.55. The lowest BCUT2D eigenvalue weighted by Gasteiger charge is -2.15. The smallest absolute Gasteiger partial charge is 0.324 e. The molecule has 1 unspecified atom stereocenters. The van der Waals surface area contributed by atoms with Crippen LogP contribution in [-0.2, 0) is 4.79 Å². The van der Waals surface area contributed by atoms with Crippen LogP contribution in [-0.4, -0.2) is 29.8 Å². The molecule has 1 fully saturated rings. The van der Waals surface area contributed by atoms with E-state index in [0.717, 1.165) is 12.8 Å². The monoisotopic (exact) mass is 253 g/mol. The molecular formula is C13H16FNO3. The van der Waals surface area contributed by atoms with Crippen LogP contribution in [0.3, 0.4) is 0 Å². The van der Waals surface area contributed by atoms with Crippen molar-refractivity contribution >= 4 is 5.97 Å². The van der Waals surface area contributed by atoms with Crippen molar-refractivity contribution in [2.75, 3.05) is 6.61 Å². The fourth-order valence-corrected chi connectivity index (χ4v) is 1.57. The number of carboxylic acids is 1. The van der Waals surface area contributed by atoms with Crippen molar-refractivity contribution < 1.29 is 19.0 Å². The Balaban J connectivity index is 1.91. The third-order valence-corrected chi connectivity index (χ3v) is 2.87. The molecule has 5 heteroatoms. The van der Waals surface area contributed by atoms with Crippen LogP contribution in [0.5, 0.6) is 5.75 Å². The van der Waals surface area contributed by atoms with Gasteiger partial charge in [0.1, 0.15) is 24.2 Å². The maximum absolute atomic E-state index is 13.3. The van der Waals surface area contributed by atoms with Crippen molar-refractivity contribution in [2.24, 2.45) is 0 Å². The summed E-state index contributed by atoms with van der Waals surface area (Å²) in [6, 6.07) is 4.04. The largest absolute Gasteiger partial charge is 0.491 e. The van der Waals surface area contributed by atoms with E-state index in [0.29, 0.717) is 11.3 Å². The number of benzene rings is 1. The molecule has 0 aromatic heterocycles. The summed E-state index contributed by atoms with van der Waals surface area (Å²) in [5, 5.41) is 12.0.